The zero-order valence-corrected chi connectivity index (χ0v) is 17.3. The van der Waals surface area contributed by atoms with Crippen molar-refractivity contribution >= 4 is 35.6 Å². The van der Waals surface area contributed by atoms with Crippen molar-refractivity contribution in [1.82, 2.24) is 9.80 Å². The molecule has 1 aliphatic rings. The fourth-order valence-electron chi connectivity index (χ4n) is 2.73. The van der Waals surface area contributed by atoms with Gasteiger partial charge in [-0.15, -0.1) is 24.0 Å². The number of nitrogens with one attached hydrogen (secondary N) is 1. The van der Waals surface area contributed by atoms with Gasteiger partial charge in [0, 0.05) is 38.4 Å². The maximum Gasteiger partial charge on any atom is 0.193 e. The van der Waals surface area contributed by atoms with Crippen LogP contribution in [0.15, 0.2) is 29.3 Å². The standard InChI is InChI=1S/C18H31N5.HI/c1-3-16-6-8-17(9-7-16)21-18(19)20-10-4-5-11-23-14-12-22(2)13-15-23;/h6-9H,3-5,10-15H2,1-2H3,(H3,19,20,21);1H. The molecule has 0 aliphatic carbocycles. The summed E-state index contributed by atoms with van der Waals surface area (Å²) in [6, 6.07) is 8.33. The molecule has 1 fully saturated rings. The highest BCUT2D eigenvalue weighted by atomic mass is 127. The lowest BCUT2D eigenvalue weighted by Gasteiger charge is -2.32. The number of hydrogen-bond donors (Lipinski definition) is 2. The lowest BCUT2D eigenvalue weighted by Crippen LogP contribution is -2.44. The lowest BCUT2D eigenvalue weighted by molar-refractivity contribution is 0.152. The number of piperazine rings is 1. The highest BCUT2D eigenvalue weighted by molar-refractivity contribution is 14.0. The Hall–Kier alpha value is -0.860. The van der Waals surface area contributed by atoms with Gasteiger partial charge < -0.3 is 20.9 Å². The van der Waals surface area contributed by atoms with Gasteiger partial charge in [-0.2, -0.15) is 0 Å². The molecular formula is C18H32IN5. The number of guanidine groups is 1. The second-order valence-electron chi connectivity index (χ2n) is 6.29. The van der Waals surface area contributed by atoms with E-state index in [9.17, 15) is 0 Å². The van der Waals surface area contributed by atoms with Gasteiger partial charge in [0.15, 0.2) is 5.96 Å². The van der Waals surface area contributed by atoms with Crippen molar-refractivity contribution in [3.63, 3.8) is 0 Å². The fourth-order valence-corrected chi connectivity index (χ4v) is 2.73. The first-order chi connectivity index (χ1) is 11.2. The second kappa shape index (κ2) is 11.7. The Morgan fingerprint density at radius 3 is 2.42 bits per heavy atom. The summed E-state index contributed by atoms with van der Waals surface area (Å²) in [5, 5.41) is 3.15. The van der Waals surface area contributed by atoms with Gasteiger partial charge in [0.1, 0.15) is 0 Å². The monoisotopic (exact) mass is 445 g/mol. The summed E-state index contributed by atoms with van der Waals surface area (Å²) in [5.41, 5.74) is 8.27. The van der Waals surface area contributed by atoms with Crippen LogP contribution in [0.2, 0.25) is 0 Å². The van der Waals surface area contributed by atoms with E-state index in [1.165, 1.54) is 44.7 Å². The summed E-state index contributed by atoms with van der Waals surface area (Å²) in [5.74, 6) is 0.508. The molecule has 1 heterocycles. The minimum Gasteiger partial charge on any atom is -0.370 e. The molecule has 1 aliphatic heterocycles. The van der Waals surface area contributed by atoms with Gasteiger partial charge in [-0.05, 0) is 50.6 Å². The Balaban J connectivity index is 0.00000288. The Bertz CT molecular complexity index is 481. The van der Waals surface area contributed by atoms with Gasteiger partial charge in [0.05, 0.1) is 0 Å². The molecule has 1 aromatic carbocycles. The molecular weight excluding hydrogens is 413 g/mol. The van der Waals surface area contributed by atoms with E-state index >= 15 is 0 Å². The third-order valence-corrected chi connectivity index (χ3v) is 4.40. The van der Waals surface area contributed by atoms with Crippen LogP contribution in [0, 0.1) is 0 Å². The lowest BCUT2D eigenvalue weighted by atomic mass is 10.1. The van der Waals surface area contributed by atoms with Gasteiger partial charge in [-0.1, -0.05) is 19.1 Å². The summed E-state index contributed by atoms with van der Waals surface area (Å²) in [7, 11) is 2.19. The minimum atomic E-state index is 0. The van der Waals surface area contributed by atoms with Gasteiger partial charge in [-0.25, -0.2) is 0 Å². The van der Waals surface area contributed by atoms with Crippen molar-refractivity contribution < 1.29 is 0 Å². The predicted octanol–water partition coefficient (Wildman–Crippen LogP) is 2.62. The SMILES string of the molecule is CCc1ccc(NC(N)=NCCCCN2CCN(C)CC2)cc1.I. The molecule has 0 bridgehead atoms. The number of aliphatic imine (C=N–C) groups is 1. The largest absolute Gasteiger partial charge is 0.370 e. The van der Waals surface area contributed by atoms with Crippen molar-refractivity contribution in [1.29, 1.82) is 0 Å². The highest BCUT2D eigenvalue weighted by Gasteiger charge is 2.12. The molecule has 2 rings (SSSR count). The van der Waals surface area contributed by atoms with Crippen molar-refractivity contribution in [3.05, 3.63) is 29.8 Å². The molecule has 1 saturated heterocycles. The van der Waals surface area contributed by atoms with Crippen molar-refractivity contribution in [2.24, 2.45) is 10.7 Å². The average Bonchev–Trinajstić information content (AvgIpc) is 2.57. The van der Waals surface area contributed by atoms with E-state index in [2.05, 4.69) is 58.3 Å². The smallest absolute Gasteiger partial charge is 0.193 e. The number of hydrogen-bond acceptors (Lipinski definition) is 3. The Morgan fingerprint density at radius 2 is 1.79 bits per heavy atom. The first-order valence-electron chi connectivity index (χ1n) is 8.74. The van der Waals surface area contributed by atoms with E-state index in [0.717, 1.165) is 25.1 Å². The van der Waals surface area contributed by atoms with Crippen molar-refractivity contribution in [2.75, 3.05) is 51.6 Å². The van der Waals surface area contributed by atoms with E-state index in [0.29, 0.717) is 5.96 Å². The second-order valence-corrected chi connectivity index (χ2v) is 6.29. The Morgan fingerprint density at radius 1 is 1.12 bits per heavy atom. The number of nitrogens with zero attached hydrogens (tertiary/aromatic N) is 3. The maximum atomic E-state index is 5.94. The molecule has 0 aromatic heterocycles. The molecule has 0 atom stereocenters. The van der Waals surface area contributed by atoms with Gasteiger partial charge >= 0.3 is 0 Å². The quantitative estimate of drug-likeness (QED) is 0.293. The molecule has 5 nitrogen and oxygen atoms in total. The molecule has 6 heteroatoms. The van der Waals surface area contributed by atoms with Gasteiger partial charge in [0.25, 0.3) is 0 Å². The summed E-state index contributed by atoms with van der Waals surface area (Å²) >= 11 is 0. The third-order valence-electron chi connectivity index (χ3n) is 4.40. The molecule has 24 heavy (non-hydrogen) atoms. The Kier molecular flexibility index (Phi) is 10.3. The molecule has 0 amide bonds. The topological polar surface area (TPSA) is 56.9 Å². The first-order valence-corrected chi connectivity index (χ1v) is 8.74. The number of rotatable bonds is 7. The average molecular weight is 445 g/mol. The molecule has 0 radical (unpaired) electrons. The summed E-state index contributed by atoms with van der Waals surface area (Å²) in [4.78, 5) is 9.34. The zero-order valence-electron chi connectivity index (χ0n) is 15.0. The van der Waals surface area contributed by atoms with Gasteiger partial charge in [-0.3, -0.25) is 4.99 Å². The Labute approximate surface area is 163 Å². The van der Waals surface area contributed by atoms with Crippen LogP contribution in [0.4, 0.5) is 5.69 Å². The van der Waals surface area contributed by atoms with Gasteiger partial charge in [0.2, 0.25) is 0 Å². The summed E-state index contributed by atoms with van der Waals surface area (Å²) in [6.45, 7) is 8.88. The predicted molar refractivity (Wildman–Crippen MR) is 115 cm³/mol. The van der Waals surface area contributed by atoms with E-state index < -0.39 is 0 Å². The number of unbranched alkanes of at least 4 members (excludes halogenated alkanes) is 1. The molecule has 3 N–H and O–H groups in total. The van der Waals surface area contributed by atoms with Crippen molar-refractivity contribution in [3.8, 4) is 0 Å². The first kappa shape index (κ1) is 21.2. The van der Waals surface area contributed by atoms with E-state index in [-0.39, 0.29) is 24.0 Å². The molecule has 1 aromatic rings. The van der Waals surface area contributed by atoms with Crippen LogP contribution in [0.25, 0.3) is 0 Å². The number of benzene rings is 1. The number of anilines is 1. The summed E-state index contributed by atoms with van der Waals surface area (Å²) < 4.78 is 0. The zero-order chi connectivity index (χ0) is 16.5. The van der Waals surface area contributed by atoms with Crippen LogP contribution in [-0.4, -0.2) is 62.1 Å². The minimum absolute atomic E-state index is 0. The third kappa shape index (κ3) is 7.81. The highest BCUT2D eigenvalue weighted by Crippen LogP contribution is 2.09. The van der Waals surface area contributed by atoms with E-state index in [1.807, 2.05) is 0 Å². The van der Waals surface area contributed by atoms with Crippen LogP contribution >= 0.6 is 24.0 Å². The maximum absolute atomic E-state index is 5.94. The van der Waals surface area contributed by atoms with Crippen LogP contribution in [-0.2, 0) is 6.42 Å². The molecule has 0 saturated carbocycles. The molecule has 0 spiro atoms. The van der Waals surface area contributed by atoms with E-state index in [1.54, 1.807) is 0 Å². The normalized spacial score (nSPS) is 16.7. The summed E-state index contributed by atoms with van der Waals surface area (Å²) in [6.07, 6.45) is 3.33. The number of likely N-dealkylation sites (N-methyl/N-ethyl adjacent to an activating group) is 1. The molecule has 0 unspecified atom stereocenters. The number of aryl methyl sites for hydroxylation is 1. The van der Waals surface area contributed by atoms with Crippen LogP contribution < -0.4 is 11.1 Å². The fraction of sp³-hybridized carbons (Fsp3) is 0.611. The van der Waals surface area contributed by atoms with E-state index in [4.69, 9.17) is 5.73 Å². The number of halogens is 1. The van der Waals surface area contributed by atoms with Crippen molar-refractivity contribution in [2.45, 2.75) is 26.2 Å². The van der Waals surface area contributed by atoms with Crippen LogP contribution in [0.3, 0.4) is 0 Å². The molecule has 136 valence electrons. The van der Waals surface area contributed by atoms with Crippen LogP contribution in [0.5, 0.6) is 0 Å². The number of nitrogens with two attached hydrogens (primary N) is 1. The van der Waals surface area contributed by atoms with Crippen LogP contribution in [0.1, 0.15) is 25.3 Å².